The van der Waals surface area contributed by atoms with Gasteiger partial charge in [0.15, 0.2) is 11.6 Å². The molecule has 4 bridgehead atoms. The van der Waals surface area contributed by atoms with Crippen molar-refractivity contribution in [2.24, 2.45) is 33.5 Å². The summed E-state index contributed by atoms with van der Waals surface area (Å²) in [5.41, 5.74) is 6.27. The van der Waals surface area contributed by atoms with E-state index in [1.54, 1.807) is 0 Å². The Kier molecular flexibility index (Phi) is 8.78. The number of fused-ring (bicyclic) bond motifs is 4. The number of ketones is 2. The van der Waals surface area contributed by atoms with E-state index in [0.717, 1.165) is 96.2 Å². The molecule has 1 aliphatic heterocycles. The van der Waals surface area contributed by atoms with Gasteiger partial charge in [0.05, 0.1) is 13.2 Å². The molecule has 6 nitrogen and oxygen atoms in total. The molecule has 2 aromatic rings. The lowest BCUT2D eigenvalue weighted by Crippen LogP contribution is -2.67. The number of hydrogen-bond donors (Lipinski definition) is 2. The van der Waals surface area contributed by atoms with Gasteiger partial charge in [0.1, 0.15) is 52.4 Å². The summed E-state index contributed by atoms with van der Waals surface area (Å²) in [6.45, 7) is 20.6. The molecule has 50 heavy (non-hydrogen) atoms. The van der Waals surface area contributed by atoms with Crippen LogP contribution in [0.1, 0.15) is 89.5 Å². The van der Waals surface area contributed by atoms with Crippen LogP contribution in [0.4, 0.5) is 0 Å². The molecule has 2 aromatic carbocycles. The molecule has 0 aromatic heterocycles. The maximum atomic E-state index is 13.4. The number of aliphatic hydroxyl groups is 2. The molecule has 6 heteroatoms. The monoisotopic (exact) mass is 680 g/mol. The number of aliphatic hydroxyl groups excluding tert-OH is 2. The summed E-state index contributed by atoms with van der Waals surface area (Å²) in [6, 6.07) is 17.5. The first kappa shape index (κ1) is 35.5. The molecule has 7 rings (SSSR count). The lowest BCUT2D eigenvalue weighted by atomic mass is 9.70. The molecular formula is C44H60N2O4+2. The predicted octanol–water partition coefficient (Wildman–Crippen LogP) is 6.84. The average molecular weight is 681 g/mol. The highest BCUT2D eigenvalue weighted by Gasteiger charge is 2.64. The van der Waals surface area contributed by atoms with E-state index in [1.165, 1.54) is 11.1 Å². The third kappa shape index (κ3) is 5.43. The predicted molar refractivity (Wildman–Crippen MR) is 199 cm³/mol. The number of allylic oxidation sites excluding steroid dienone is 2. The van der Waals surface area contributed by atoms with Gasteiger partial charge in [-0.05, 0) is 82.8 Å². The van der Waals surface area contributed by atoms with Crippen molar-refractivity contribution in [3.8, 4) is 0 Å². The van der Waals surface area contributed by atoms with Crippen molar-refractivity contribution in [2.75, 3.05) is 52.5 Å². The number of nitrogens with zero attached hydrogens (tertiary/aromatic N) is 2. The fraction of sp³-hybridized carbons (Fsp3) is 0.591. The first-order chi connectivity index (χ1) is 23.6. The van der Waals surface area contributed by atoms with Crippen molar-refractivity contribution in [3.05, 3.63) is 81.9 Å². The summed E-state index contributed by atoms with van der Waals surface area (Å²) in [5, 5.41) is 20.3. The van der Waals surface area contributed by atoms with Crippen LogP contribution in [0.15, 0.2) is 59.7 Å². The number of benzene rings is 2. The topological polar surface area (TPSA) is 74.6 Å². The quantitative estimate of drug-likeness (QED) is 0.213. The Labute approximate surface area is 300 Å². The summed E-state index contributed by atoms with van der Waals surface area (Å²) >= 11 is 0. The Bertz CT molecular complexity index is 1580. The molecule has 4 aliphatic carbocycles. The second-order valence-corrected chi connectivity index (χ2v) is 18.4. The zero-order chi connectivity index (χ0) is 35.7. The van der Waals surface area contributed by atoms with E-state index in [4.69, 9.17) is 0 Å². The molecule has 0 amide bonds. The Hall–Kier alpha value is -2.90. The maximum absolute atomic E-state index is 13.4. The zero-order valence-electron chi connectivity index (χ0n) is 31.4. The molecule has 2 N–H and O–H groups in total. The van der Waals surface area contributed by atoms with E-state index in [2.05, 4.69) is 102 Å². The number of hydrogen-bond acceptors (Lipinski definition) is 4. The molecular weight excluding hydrogens is 620 g/mol. The minimum absolute atomic E-state index is 0.0166. The highest BCUT2D eigenvalue weighted by molar-refractivity contribution is 6.08. The Morgan fingerprint density at radius 2 is 0.940 bits per heavy atom. The van der Waals surface area contributed by atoms with E-state index in [0.29, 0.717) is 36.5 Å². The number of piperazine rings is 1. The van der Waals surface area contributed by atoms with Crippen LogP contribution in [0, 0.1) is 33.5 Å². The van der Waals surface area contributed by atoms with Crippen LogP contribution in [-0.2, 0) is 22.7 Å². The highest BCUT2D eigenvalue weighted by atomic mass is 16.3. The summed E-state index contributed by atoms with van der Waals surface area (Å²) < 4.78 is 1.68. The molecule has 268 valence electrons. The van der Waals surface area contributed by atoms with E-state index in [-0.39, 0.29) is 34.9 Å². The SMILES string of the molecule is CC12CCC(C(=Cc3ccc(C[N+]4(CCO)CC[N+](CCO)(Cc5ccc(C=C6C(=O)C7(C)CCC6C7(C)C)cc5)CC4)cc3)C1=O)C2(C)C. The van der Waals surface area contributed by atoms with Crippen LogP contribution in [0.5, 0.6) is 0 Å². The lowest BCUT2D eigenvalue weighted by molar-refractivity contribution is -1.04. The van der Waals surface area contributed by atoms with Gasteiger partial charge in [-0.3, -0.25) is 9.59 Å². The second-order valence-electron chi connectivity index (χ2n) is 18.4. The summed E-state index contributed by atoms with van der Waals surface area (Å²) in [6.07, 6.45) is 8.47. The van der Waals surface area contributed by atoms with Gasteiger partial charge in [0.2, 0.25) is 0 Å². The Morgan fingerprint density at radius 1 is 0.600 bits per heavy atom. The normalized spacial score (nSPS) is 37.0. The average Bonchev–Trinajstić information content (AvgIpc) is 3.57. The van der Waals surface area contributed by atoms with Gasteiger partial charge >= 0.3 is 0 Å². The summed E-state index contributed by atoms with van der Waals surface area (Å²) in [7, 11) is 0. The van der Waals surface area contributed by atoms with Crippen LogP contribution in [0.25, 0.3) is 12.2 Å². The number of carbonyl (C=O) groups is 2. The Balaban J connectivity index is 1.02. The van der Waals surface area contributed by atoms with E-state index in [9.17, 15) is 19.8 Å². The van der Waals surface area contributed by atoms with Crippen molar-refractivity contribution in [1.29, 1.82) is 0 Å². The van der Waals surface area contributed by atoms with Gasteiger partial charge in [-0.2, -0.15) is 0 Å². The lowest BCUT2D eigenvalue weighted by Gasteiger charge is -2.49. The number of rotatable bonds is 10. The maximum Gasteiger partial charge on any atom is 0.165 e. The van der Waals surface area contributed by atoms with Crippen LogP contribution < -0.4 is 0 Å². The number of quaternary nitrogens is 2. The molecule has 0 radical (unpaired) electrons. The zero-order valence-corrected chi connectivity index (χ0v) is 31.4. The molecule has 5 aliphatic rings. The van der Waals surface area contributed by atoms with Crippen LogP contribution in [-0.4, -0.2) is 83.2 Å². The minimum atomic E-state index is -0.240. The van der Waals surface area contributed by atoms with E-state index >= 15 is 0 Å². The van der Waals surface area contributed by atoms with Crippen molar-refractivity contribution < 1.29 is 28.8 Å². The summed E-state index contributed by atoms with van der Waals surface area (Å²) in [4.78, 5) is 26.8. The van der Waals surface area contributed by atoms with Gasteiger partial charge in [-0.15, -0.1) is 0 Å². The van der Waals surface area contributed by atoms with Gasteiger partial charge < -0.3 is 19.2 Å². The van der Waals surface area contributed by atoms with Gasteiger partial charge in [0, 0.05) is 22.0 Å². The van der Waals surface area contributed by atoms with Crippen LogP contribution in [0.3, 0.4) is 0 Å². The number of carbonyl (C=O) groups excluding carboxylic acids is 2. The van der Waals surface area contributed by atoms with Gasteiger partial charge in [-0.25, -0.2) is 0 Å². The van der Waals surface area contributed by atoms with Crippen molar-refractivity contribution in [2.45, 2.75) is 80.3 Å². The Morgan fingerprint density at radius 3 is 1.22 bits per heavy atom. The van der Waals surface area contributed by atoms with Gasteiger partial charge in [0.25, 0.3) is 0 Å². The first-order valence-corrected chi connectivity index (χ1v) is 19.3. The van der Waals surface area contributed by atoms with Crippen molar-refractivity contribution in [1.82, 2.24) is 0 Å². The minimum Gasteiger partial charge on any atom is -0.391 e. The fourth-order valence-corrected chi connectivity index (χ4v) is 11.2. The van der Waals surface area contributed by atoms with Crippen LogP contribution >= 0.6 is 0 Å². The molecule has 4 atom stereocenters. The van der Waals surface area contributed by atoms with E-state index in [1.807, 2.05) is 0 Å². The standard InChI is InChI=1S/C44H60N2O4/c1-41(2)37-15-17-43(41,5)39(49)35(37)27-31-7-11-33(12-8-31)29-45(23-25-47)19-21-46(22-20-45,24-26-48)30-34-13-9-32(10-14-34)28-36-38-16-18-44(6,40(36)50)42(38,3)4/h7-14,27-28,37-38,47-48H,15-26,29-30H2,1-6H3/q+2. The molecule has 5 fully saturated rings. The van der Waals surface area contributed by atoms with Crippen molar-refractivity contribution in [3.63, 3.8) is 0 Å². The summed E-state index contributed by atoms with van der Waals surface area (Å²) in [5.74, 6) is 1.36. The third-order valence-electron chi connectivity index (χ3n) is 15.6. The molecule has 0 spiro atoms. The first-order valence-electron chi connectivity index (χ1n) is 19.3. The molecule has 4 saturated carbocycles. The molecule has 1 heterocycles. The van der Waals surface area contributed by atoms with Gasteiger partial charge in [-0.1, -0.05) is 90.1 Å². The molecule has 4 unspecified atom stereocenters. The third-order valence-corrected chi connectivity index (χ3v) is 15.6. The van der Waals surface area contributed by atoms with Crippen molar-refractivity contribution >= 4 is 23.7 Å². The fourth-order valence-electron chi connectivity index (χ4n) is 11.2. The molecule has 1 saturated heterocycles. The largest absolute Gasteiger partial charge is 0.391 e. The second kappa shape index (κ2) is 12.4. The van der Waals surface area contributed by atoms with Crippen LogP contribution in [0.2, 0.25) is 0 Å². The smallest absolute Gasteiger partial charge is 0.165 e. The highest BCUT2D eigenvalue weighted by Crippen LogP contribution is 2.66. The number of Topliss-reactive ketones (excluding diaryl/α,β-unsaturated/α-hetero) is 2. The van der Waals surface area contributed by atoms with E-state index < -0.39 is 0 Å².